The molecule has 1 aromatic carbocycles. The molecule has 1 heterocycles. The van der Waals surface area contributed by atoms with Gasteiger partial charge < -0.3 is 24.9 Å². The molecule has 0 spiro atoms. The lowest BCUT2D eigenvalue weighted by Crippen LogP contribution is -2.56. The highest BCUT2D eigenvalue weighted by molar-refractivity contribution is 5.99. The van der Waals surface area contributed by atoms with Crippen LogP contribution in [0.4, 0.5) is 13.2 Å². The molecule has 0 radical (unpaired) electrons. The molecule has 1 aliphatic heterocycles. The number of carboxylic acid groups (broad SMARTS) is 1. The van der Waals surface area contributed by atoms with Gasteiger partial charge in [-0.3, -0.25) is 19.7 Å². The highest BCUT2D eigenvalue weighted by Gasteiger charge is 2.37. The van der Waals surface area contributed by atoms with Crippen LogP contribution < -0.4 is 15.4 Å². The van der Waals surface area contributed by atoms with Gasteiger partial charge in [0.05, 0.1) is 24.2 Å². The van der Waals surface area contributed by atoms with Crippen LogP contribution in [0.3, 0.4) is 0 Å². The molecule has 12 heteroatoms. The molecule has 1 saturated heterocycles. The summed E-state index contributed by atoms with van der Waals surface area (Å²) in [5.41, 5.74) is -0.383. The van der Waals surface area contributed by atoms with E-state index in [1.807, 2.05) is 0 Å². The second kappa shape index (κ2) is 11.1. The molecule has 2 rings (SSSR count). The van der Waals surface area contributed by atoms with Crippen LogP contribution in [0, 0.1) is 5.92 Å². The summed E-state index contributed by atoms with van der Waals surface area (Å²) in [6.07, 6.45) is -4.56. The van der Waals surface area contributed by atoms with E-state index in [1.54, 1.807) is 13.8 Å². The van der Waals surface area contributed by atoms with Crippen molar-refractivity contribution in [2.45, 2.75) is 57.7 Å². The van der Waals surface area contributed by atoms with Gasteiger partial charge in [-0.05, 0) is 30.9 Å². The van der Waals surface area contributed by atoms with Crippen LogP contribution in [0.2, 0.25) is 0 Å². The van der Waals surface area contributed by atoms with Crippen LogP contribution in [-0.4, -0.2) is 65.2 Å². The number of ether oxygens (including phenoxy) is 1. The lowest BCUT2D eigenvalue weighted by molar-refractivity contribution is -0.274. The number of rotatable bonds is 10. The van der Waals surface area contributed by atoms with Gasteiger partial charge in [0, 0.05) is 6.54 Å². The number of carbonyl (C=O) groups is 4. The predicted octanol–water partition coefficient (Wildman–Crippen LogP) is 1.92. The fraction of sp³-hybridized carbons (Fsp3) is 0.524. The van der Waals surface area contributed by atoms with Crippen molar-refractivity contribution in [2.24, 2.45) is 5.92 Å². The van der Waals surface area contributed by atoms with Crippen LogP contribution in [0.5, 0.6) is 5.75 Å². The fourth-order valence-electron chi connectivity index (χ4n) is 3.56. The van der Waals surface area contributed by atoms with E-state index in [0.717, 1.165) is 12.1 Å². The van der Waals surface area contributed by atoms with Gasteiger partial charge in [0.1, 0.15) is 18.1 Å². The van der Waals surface area contributed by atoms with E-state index < -0.39 is 60.5 Å². The number of hydrogen-bond acceptors (Lipinski definition) is 6. The maximum Gasteiger partial charge on any atom is 0.573 e. The van der Waals surface area contributed by atoms with Gasteiger partial charge in [0.15, 0.2) is 0 Å². The number of aldehydes is 1. The first kappa shape index (κ1) is 26.1. The summed E-state index contributed by atoms with van der Waals surface area (Å²) < 4.78 is 42.0. The van der Waals surface area contributed by atoms with Gasteiger partial charge in [-0.2, -0.15) is 0 Å². The molecular formula is C21H26F3N3O6. The molecule has 182 valence electrons. The van der Waals surface area contributed by atoms with Gasteiger partial charge in [-0.25, -0.2) is 0 Å². The number of amides is 2. The number of nitrogens with one attached hydrogen (secondary N) is 2. The minimum Gasteiger partial charge on any atom is -0.481 e. The second-order valence-electron chi connectivity index (χ2n) is 7.94. The minimum absolute atomic E-state index is 0.308. The molecule has 0 unspecified atom stereocenters. The van der Waals surface area contributed by atoms with E-state index in [-0.39, 0.29) is 5.56 Å². The number of nitrogens with zero attached hydrogens (tertiary/aromatic N) is 1. The third kappa shape index (κ3) is 7.45. The Balaban J connectivity index is 2.18. The van der Waals surface area contributed by atoms with Gasteiger partial charge in [0.2, 0.25) is 5.91 Å². The van der Waals surface area contributed by atoms with E-state index in [2.05, 4.69) is 15.4 Å². The Morgan fingerprint density at radius 3 is 2.52 bits per heavy atom. The number of likely N-dealkylation sites (tertiary alicyclic amines) is 1. The summed E-state index contributed by atoms with van der Waals surface area (Å²) >= 11 is 0. The monoisotopic (exact) mass is 473 g/mol. The normalized spacial score (nSPS) is 18.0. The summed E-state index contributed by atoms with van der Waals surface area (Å²) in [6, 6.07) is 2.72. The molecule has 3 N–H and O–H groups in total. The zero-order valence-corrected chi connectivity index (χ0v) is 18.1. The largest absolute Gasteiger partial charge is 0.573 e. The predicted molar refractivity (Wildman–Crippen MR) is 109 cm³/mol. The topological polar surface area (TPSA) is 125 Å². The van der Waals surface area contributed by atoms with Crippen LogP contribution in [-0.2, 0) is 14.4 Å². The summed E-state index contributed by atoms with van der Waals surface area (Å²) in [6.45, 7) is 3.64. The number of carboxylic acids is 1. The molecular weight excluding hydrogens is 447 g/mol. The number of para-hydroxylation sites is 1. The van der Waals surface area contributed by atoms with E-state index in [9.17, 15) is 32.3 Å². The van der Waals surface area contributed by atoms with Gasteiger partial charge >= 0.3 is 12.3 Å². The molecule has 0 aliphatic carbocycles. The molecule has 0 saturated carbocycles. The zero-order chi connectivity index (χ0) is 24.8. The maximum atomic E-state index is 13.2. The Bertz CT molecular complexity index is 877. The summed E-state index contributed by atoms with van der Waals surface area (Å²) in [5.74, 6) is -3.70. The average Bonchev–Trinajstić information content (AvgIpc) is 3.17. The highest BCUT2D eigenvalue weighted by Crippen LogP contribution is 2.27. The van der Waals surface area contributed by atoms with Crippen molar-refractivity contribution in [1.29, 1.82) is 0 Å². The van der Waals surface area contributed by atoms with Crippen molar-refractivity contribution >= 4 is 24.1 Å². The number of alkyl halides is 3. The third-order valence-corrected chi connectivity index (χ3v) is 5.08. The quantitative estimate of drug-likeness (QED) is 0.444. The standard InChI is InChI=1S/C21H26F3N3O6/c1-12(2)18(26-19(31)14-6-3-4-7-15(14)33-21(22,23)24)20(32)27-9-5-8-16(27)25-13(11-28)10-17(29)30/h3-4,6-7,11-13,16,18,25H,5,8-10H2,1-2H3,(H,26,31)(H,29,30)/t13-,16-,18-/m0/s1. The van der Waals surface area contributed by atoms with Crippen LogP contribution in [0.1, 0.15) is 43.5 Å². The van der Waals surface area contributed by atoms with Crippen molar-refractivity contribution in [3.63, 3.8) is 0 Å². The average molecular weight is 473 g/mol. The number of hydrogen-bond donors (Lipinski definition) is 3. The molecule has 9 nitrogen and oxygen atoms in total. The Hall–Kier alpha value is -3.15. The minimum atomic E-state index is -5.00. The van der Waals surface area contributed by atoms with E-state index >= 15 is 0 Å². The SMILES string of the molecule is CC(C)[C@H](NC(=O)c1ccccc1OC(F)(F)F)C(=O)N1CCC[C@H]1N[C@H](C=O)CC(=O)O. The third-order valence-electron chi connectivity index (χ3n) is 5.08. The molecule has 1 aliphatic rings. The molecule has 3 atom stereocenters. The summed E-state index contributed by atoms with van der Waals surface area (Å²) in [7, 11) is 0. The summed E-state index contributed by atoms with van der Waals surface area (Å²) in [4.78, 5) is 49.5. The first-order chi connectivity index (χ1) is 15.4. The first-order valence-corrected chi connectivity index (χ1v) is 10.3. The van der Waals surface area contributed by atoms with Crippen LogP contribution in [0.15, 0.2) is 24.3 Å². The number of carbonyl (C=O) groups excluding carboxylic acids is 3. The van der Waals surface area contributed by atoms with Crippen molar-refractivity contribution < 1.29 is 42.2 Å². The molecule has 1 aromatic rings. The Labute approximate surface area is 188 Å². The van der Waals surface area contributed by atoms with Crippen LogP contribution in [0.25, 0.3) is 0 Å². The summed E-state index contributed by atoms with van der Waals surface area (Å²) in [5, 5.41) is 14.2. The van der Waals surface area contributed by atoms with Crippen molar-refractivity contribution in [2.75, 3.05) is 6.54 Å². The Kier molecular flexibility index (Phi) is 8.80. The second-order valence-corrected chi connectivity index (χ2v) is 7.94. The Morgan fingerprint density at radius 2 is 1.94 bits per heavy atom. The molecule has 1 fully saturated rings. The van der Waals surface area contributed by atoms with E-state index in [0.29, 0.717) is 25.7 Å². The lowest BCUT2D eigenvalue weighted by Gasteiger charge is -2.32. The number of benzene rings is 1. The zero-order valence-electron chi connectivity index (χ0n) is 18.1. The molecule has 0 bridgehead atoms. The number of aliphatic carboxylic acids is 1. The number of halogens is 3. The first-order valence-electron chi connectivity index (χ1n) is 10.3. The highest BCUT2D eigenvalue weighted by atomic mass is 19.4. The van der Waals surface area contributed by atoms with E-state index in [4.69, 9.17) is 5.11 Å². The molecule has 33 heavy (non-hydrogen) atoms. The van der Waals surface area contributed by atoms with Crippen molar-refractivity contribution in [3.8, 4) is 5.75 Å². The smallest absolute Gasteiger partial charge is 0.481 e. The molecule has 0 aromatic heterocycles. The van der Waals surface area contributed by atoms with Gasteiger partial charge in [-0.15, -0.1) is 13.2 Å². The maximum absolute atomic E-state index is 13.2. The van der Waals surface area contributed by atoms with Gasteiger partial charge in [0.25, 0.3) is 5.91 Å². The van der Waals surface area contributed by atoms with Gasteiger partial charge in [-0.1, -0.05) is 26.0 Å². The van der Waals surface area contributed by atoms with Crippen LogP contribution >= 0.6 is 0 Å². The lowest BCUT2D eigenvalue weighted by atomic mass is 10.0. The Morgan fingerprint density at radius 1 is 1.27 bits per heavy atom. The van der Waals surface area contributed by atoms with Crippen molar-refractivity contribution in [1.82, 2.24) is 15.5 Å². The molecule has 2 amide bonds. The van der Waals surface area contributed by atoms with Crippen molar-refractivity contribution in [3.05, 3.63) is 29.8 Å². The fourth-order valence-corrected chi connectivity index (χ4v) is 3.56. The van der Waals surface area contributed by atoms with E-state index in [1.165, 1.54) is 17.0 Å².